The van der Waals surface area contributed by atoms with Crippen molar-refractivity contribution in [2.24, 2.45) is 4.99 Å². The van der Waals surface area contributed by atoms with E-state index in [4.69, 9.17) is 0 Å². The molecule has 0 atom stereocenters. The summed E-state index contributed by atoms with van der Waals surface area (Å²) in [4.78, 5) is 6.24. The van der Waals surface area contributed by atoms with Gasteiger partial charge >= 0.3 is 0 Å². The van der Waals surface area contributed by atoms with Crippen LogP contribution in [0.5, 0.6) is 0 Å². The Morgan fingerprint density at radius 2 is 2.00 bits per heavy atom. The zero-order valence-electron chi connectivity index (χ0n) is 15.6. The van der Waals surface area contributed by atoms with Gasteiger partial charge in [0.1, 0.15) is 5.82 Å². The summed E-state index contributed by atoms with van der Waals surface area (Å²) in [5, 5.41) is 3.28. The van der Waals surface area contributed by atoms with E-state index in [9.17, 15) is 12.8 Å². The summed E-state index contributed by atoms with van der Waals surface area (Å²) in [6.07, 6.45) is 0. The van der Waals surface area contributed by atoms with Crippen LogP contribution < -0.4 is 5.32 Å². The Morgan fingerprint density at radius 3 is 2.56 bits per heavy atom. The summed E-state index contributed by atoms with van der Waals surface area (Å²) in [6.45, 7) is 8.70. The van der Waals surface area contributed by atoms with Crippen LogP contribution in [0.15, 0.2) is 29.3 Å². The van der Waals surface area contributed by atoms with E-state index >= 15 is 0 Å². The number of aliphatic imine (C=N–C) groups is 1. The predicted molar refractivity (Wildman–Crippen MR) is 100 cm³/mol. The highest BCUT2D eigenvalue weighted by Gasteiger charge is 2.41. The molecule has 1 N–H and O–H groups in total. The molecule has 5 nitrogen and oxygen atoms in total. The monoisotopic (exact) mass is 369 g/mol. The van der Waals surface area contributed by atoms with Crippen molar-refractivity contribution < 1.29 is 12.8 Å². The molecule has 1 aliphatic heterocycles. The van der Waals surface area contributed by atoms with Gasteiger partial charge in [-0.05, 0) is 25.5 Å². The van der Waals surface area contributed by atoms with E-state index < -0.39 is 20.0 Å². The first-order valence-corrected chi connectivity index (χ1v) is 10.1. The number of hydrogen-bond donors (Lipinski definition) is 1. The van der Waals surface area contributed by atoms with Gasteiger partial charge in [-0.2, -0.15) is 0 Å². The van der Waals surface area contributed by atoms with E-state index in [2.05, 4.69) is 10.3 Å². The number of hydrogen-bond acceptors (Lipinski definition) is 3. The van der Waals surface area contributed by atoms with Gasteiger partial charge in [0.05, 0.1) is 10.5 Å². The minimum atomic E-state index is -3.10. The van der Waals surface area contributed by atoms with Gasteiger partial charge in [-0.15, -0.1) is 0 Å². The summed E-state index contributed by atoms with van der Waals surface area (Å²) >= 11 is 0. The number of rotatable bonds is 3. The average molecular weight is 370 g/mol. The highest BCUT2D eigenvalue weighted by Crippen LogP contribution is 2.26. The minimum Gasteiger partial charge on any atom is -0.355 e. The van der Waals surface area contributed by atoms with Gasteiger partial charge in [0.15, 0.2) is 15.8 Å². The molecular weight excluding hydrogens is 341 g/mol. The molecular formula is C18H28FN3O2S. The van der Waals surface area contributed by atoms with Crippen molar-refractivity contribution in [3.05, 3.63) is 35.6 Å². The number of guanidine groups is 1. The normalized spacial score (nSPS) is 20.4. The van der Waals surface area contributed by atoms with E-state index in [1.165, 1.54) is 6.07 Å². The third kappa shape index (κ3) is 4.14. The average Bonchev–Trinajstić information content (AvgIpc) is 2.51. The third-order valence-corrected chi connectivity index (χ3v) is 7.38. The first-order valence-electron chi connectivity index (χ1n) is 8.43. The lowest BCUT2D eigenvalue weighted by Crippen LogP contribution is -2.58. The Balaban J connectivity index is 2.10. The molecule has 0 amide bonds. The van der Waals surface area contributed by atoms with Crippen LogP contribution in [-0.4, -0.2) is 56.5 Å². The molecule has 1 fully saturated rings. The predicted octanol–water partition coefficient (Wildman–Crippen LogP) is 2.19. The topological polar surface area (TPSA) is 61.8 Å². The summed E-state index contributed by atoms with van der Waals surface area (Å²) in [5.41, 5.74) is 0.207. The molecule has 0 aliphatic carbocycles. The Kier molecular flexibility index (Phi) is 5.47. The lowest BCUT2D eigenvalue weighted by molar-refractivity contribution is 0.348. The largest absolute Gasteiger partial charge is 0.355 e. The smallest absolute Gasteiger partial charge is 0.193 e. The van der Waals surface area contributed by atoms with Crippen LogP contribution in [0.25, 0.3) is 0 Å². The van der Waals surface area contributed by atoms with Gasteiger partial charge in [0.25, 0.3) is 0 Å². The van der Waals surface area contributed by atoms with Gasteiger partial charge in [-0.1, -0.05) is 32.0 Å². The van der Waals surface area contributed by atoms with Crippen LogP contribution in [0.4, 0.5) is 4.39 Å². The standard InChI is InChI=1S/C18H28FN3O2S/c1-17(2,14-8-6-7-9-15(14)19)12-21-16(20-5)22-10-11-25(23,24)18(3,4)13-22/h6-9H,10-13H2,1-5H3,(H,20,21). The maximum Gasteiger partial charge on any atom is 0.193 e. The Hall–Kier alpha value is -1.63. The molecule has 7 heteroatoms. The van der Waals surface area contributed by atoms with Crippen molar-refractivity contribution in [1.82, 2.24) is 10.2 Å². The molecule has 2 rings (SSSR count). The van der Waals surface area contributed by atoms with Gasteiger partial charge in [0, 0.05) is 32.1 Å². The van der Waals surface area contributed by atoms with Crippen LogP contribution in [0, 0.1) is 5.82 Å². The Labute approximate surface area is 150 Å². The second-order valence-electron chi connectivity index (χ2n) is 7.76. The van der Waals surface area contributed by atoms with Gasteiger partial charge in [0.2, 0.25) is 0 Å². The van der Waals surface area contributed by atoms with E-state index in [0.29, 0.717) is 31.2 Å². The lowest BCUT2D eigenvalue weighted by atomic mass is 9.84. The molecule has 140 valence electrons. The number of nitrogens with zero attached hydrogens (tertiary/aromatic N) is 2. The molecule has 1 saturated heterocycles. The summed E-state index contributed by atoms with van der Waals surface area (Å²) in [7, 11) is -1.43. The molecule has 1 aromatic rings. The van der Waals surface area contributed by atoms with Gasteiger partial charge in [-0.25, -0.2) is 12.8 Å². The van der Waals surface area contributed by atoms with E-state index in [1.54, 1.807) is 33.0 Å². The third-order valence-electron chi connectivity index (χ3n) is 4.85. The Morgan fingerprint density at radius 1 is 1.36 bits per heavy atom. The molecule has 1 aliphatic rings. The fraction of sp³-hybridized carbons (Fsp3) is 0.611. The maximum atomic E-state index is 14.1. The van der Waals surface area contributed by atoms with Crippen LogP contribution in [0.1, 0.15) is 33.3 Å². The summed E-state index contributed by atoms with van der Waals surface area (Å²) in [5.74, 6) is 0.527. The number of halogens is 1. The molecule has 0 unspecified atom stereocenters. The van der Waals surface area contributed by atoms with Crippen LogP contribution in [0.3, 0.4) is 0 Å². The van der Waals surface area contributed by atoms with Crippen LogP contribution >= 0.6 is 0 Å². The van der Waals surface area contributed by atoms with Crippen molar-refractivity contribution in [1.29, 1.82) is 0 Å². The zero-order chi connectivity index (χ0) is 18.9. The first-order chi connectivity index (χ1) is 11.5. The van der Waals surface area contributed by atoms with Crippen molar-refractivity contribution in [3.63, 3.8) is 0 Å². The summed E-state index contributed by atoms with van der Waals surface area (Å²) in [6, 6.07) is 6.75. The lowest BCUT2D eigenvalue weighted by Gasteiger charge is -2.40. The fourth-order valence-electron chi connectivity index (χ4n) is 3.06. The first kappa shape index (κ1) is 19.7. The molecule has 0 aromatic heterocycles. The van der Waals surface area contributed by atoms with Gasteiger partial charge < -0.3 is 10.2 Å². The molecule has 0 bridgehead atoms. The highest BCUT2D eigenvalue weighted by molar-refractivity contribution is 7.92. The molecule has 0 spiro atoms. The number of nitrogens with one attached hydrogen (secondary N) is 1. The van der Waals surface area contributed by atoms with E-state index in [0.717, 1.165) is 0 Å². The summed E-state index contributed by atoms with van der Waals surface area (Å²) < 4.78 is 37.6. The second kappa shape index (κ2) is 6.94. The minimum absolute atomic E-state index is 0.109. The molecule has 25 heavy (non-hydrogen) atoms. The molecule has 1 heterocycles. The molecule has 0 radical (unpaired) electrons. The second-order valence-corrected chi connectivity index (χ2v) is 10.5. The SMILES string of the molecule is CN=C(NCC(C)(C)c1ccccc1F)N1CCS(=O)(=O)C(C)(C)C1. The van der Waals surface area contributed by atoms with E-state index in [-0.39, 0.29) is 11.6 Å². The van der Waals surface area contributed by atoms with Gasteiger partial charge in [-0.3, -0.25) is 4.99 Å². The Bertz CT molecular complexity index is 757. The van der Waals surface area contributed by atoms with Crippen molar-refractivity contribution in [3.8, 4) is 0 Å². The van der Waals surface area contributed by atoms with E-state index in [1.807, 2.05) is 24.8 Å². The molecule has 1 aromatic carbocycles. The van der Waals surface area contributed by atoms with Crippen molar-refractivity contribution >= 4 is 15.8 Å². The zero-order valence-corrected chi connectivity index (χ0v) is 16.5. The number of sulfone groups is 1. The molecule has 0 saturated carbocycles. The quantitative estimate of drug-likeness (QED) is 0.655. The van der Waals surface area contributed by atoms with Crippen LogP contribution in [-0.2, 0) is 15.3 Å². The van der Waals surface area contributed by atoms with Crippen LogP contribution in [0.2, 0.25) is 0 Å². The highest BCUT2D eigenvalue weighted by atomic mass is 32.2. The van der Waals surface area contributed by atoms with Crippen molar-refractivity contribution in [2.45, 2.75) is 37.9 Å². The maximum absolute atomic E-state index is 14.1. The fourth-order valence-corrected chi connectivity index (χ4v) is 4.43. The van der Waals surface area contributed by atoms with Crippen molar-refractivity contribution in [2.75, 3.05) is 32.4 Å². The number of benzene rings is 1.